The average Bonchev–Trinajstić information content (AvgIpc) is 2.47. The fraction of sp³-hybridized carbons (Fsp3) is 0.312. The summed E-state index contributed by atoms with van der Waals surface area (Å²) in [5.41, 5.74) is 6.57. The van der Waals surface area contributed by atoms with E-state index in [0.717, 1.165) is 0 Å². The number of nitrogens with two attached hydrogens (primary N) is 1. The van der Waals surface area contributed by atoms with Crippen LogP contribution in [0.25, 0.3) is 0 Å². The number of hydrogen-bond acceptors (Lipinski definition) is 4. The number of nitrogen functional groups attached to an aromatic ring is 1. The van der Waals surface area contributed by atoms with Gasteiger partial charge in [0.25, 0.3) is 5.91 Å². The van der Waals surface area contributed by atoms with E-state index in [4.69, 9.17) is 11.0 Å². The SMILES string of the molecule is CC(=O)N(/C=C(/C#N)C(=O)NCC(C)C)c1ccc(N)cc1. The fourth-order valence-corrected chi connectivity index (χ4v) is 1.64. The smallest absolute Gasteiger partial charge is 0.263 e. The van der Waals surface area contributed by atoms with Gasteiger partial charge in [0, 0.05) is 31.0 Å². The van der Waals surface area contributed by atoms with Crippen LogP contribution in [0, 0.1) is 17.2 Å². The number of nitriles is 1. The number of carbonyl (C=O) groups is 2. The number of amides is 2. The van der Waals surface area contributed by atoms with Crippen molar-refractivity contribution in [3.8, 4) is 6.07 Å². The summed E-state index contributed by atoms with van der Waals surface area (Å²) in [4.78, 5) is 25.0. The maximum Gasteiger partial charge on any atom is 0.263 e. The van der Waals surface area contributed by atoms with E-state index in [1.807, 2.05) is 19.9 Å². The van der Waals surface area contributed by atoms with Gasteiger partial charge in [-0.05, 0) is 30.2 Å². The lowest BCUT2D eigenvalue weighted by Crippen LogP contribution is -2.30. The van der Waals surface area contributed by atoms with Crippen LogP contribution in [0.4, 0.5) is 11.4 Å². The first-order valence-electron chi connectivity index (χ1n) is 6.90. The van der Waals surface area contributed by atoms with E-state index in [1.54, 1.807) is 24.3 Å². The Morgan fingerprint density at radius 1 is 1.36 bits per heavy atom. The summed E-state index contributed by atoms with van der Waals surface area (Å²) in [5, 5.41) is 11.8. The molecule has 22 heavy (non-hydrogen) atoms. The van der Waals surface area contributed by atoms with Crippen molar-refractivity contribution in [3.63, 3.8) is 0 Å². The molecule has 0 bridgehead atoms. The molecule has 0 unspecified atom stereocenters. The molecule has 0 saturated heterocycles. The van der Waals surface area contributed by atoms with Gasteiger partial charge >= 0.3 is 0 Å². The number of rotatable bonds is 5. The van der Waals surface area contributed by atoms with Gasteiger partial charge in [-0.15, -0.1) is 0 Å². The van der Waals surface area contributed by atoms with Crippen LogP contribution in [0.15, 0.2) is 36.0 Å². The number of anilines is 2. The Bertz CT molecular complexity index is 612. The summed E-state index contributed by atoms with van der Waals surface area (Å²) in [6.07, 6.45) is 1.24. The molecule has 0 aromatic heterocycles. The highest BCUT2D eigenvalue weighted by Crippen LogP contribution is 2.18. The van der Waals surface area contributed by atoms with E-state index in [0.29, 0.717) is 17.9 Å². The van der Waals surface area contributed by atoms with Gasteiger partial charge in [-0.2, -0.15) is 5.26 Å². The first-order chi connectivity index (χ1) is 10.3. The van der Waals surface area contributed by atoms with Crippen molar-refractivity contribution in [2.45, 2.75) is 20.8 Å². The Balaban J connectivity index is 3.04. The highest BCUT2D eigenvalue weighted by Gasteiger charge is 2.15. The second-order valence-electron chi connectivity index (χ2n) is 5.24. The van der Waals surface area contributed by atoms with Crippen LogP contribution < -0.4 is 16.0 Å². The molecule has 0 aliphatic rings. The van der Waals surface area contributed by atoms with Gasteiger partial charge < -0.3 is 11.1 Å². The van der Waals surface area contributed by atoms with Crippen molar-refractivity contribution in [1.82, 2.24) is 5.32 Å². The maximum atomic E-state index is 12.0. The minimum Gasteiger partial charge on any atom is -0.399 e. The van der Waals surface area contributed by atoms with Crippen molar-refractivity contribution in [2.75, 3.05) is 17.2 Å². The predicted octanol–water partition coefficient (Wildman–Crippen LogP) is 1.80. The Morgan fingerprint density at radius 2 is 1.95 bits per heavy atom. The zero-order valence-corrected chi connectivity index (χ0v) is 13.0. The van der Waals surface area contributed by atoms with Crippen LogP contribution in [0.3, 0.4) is 0 Å². The number of nitrogens with zero attached hydrogens (tertiary/aromatic N) is 2. The molecule has 0 aliphatic heterocycles. The van der Waals surface area contributed by atoms with Crippen LogP contribution >= 0.6 is 0 Å². The molecule has 0 saturated carbocycles. The molecule has 1 rings (SSSR count). The standard InChI is InChI=1S/C16H20N4O2/c1-11(2)9-19-16(22)13(8-17)10-20(12(3)21)15-6-4-14(18)5-7-15/h4-7,10-11H,9,18H2,1-3H3,(H,19,22)/b13-10-. The maximum absolute atomic E-state index is 12.0. The average molecular weight is 300 g/mol. The topological polar surface area (TPSA) is 99.2 Å². The molecule has 3 N–H and O–H groups in total. The molecule has 2 amide bonds. The van der Waals surface area contributed by atoms with Gasteiger partial charge in [-0.3, -0.25) is 14.5 Å². The van der Waals surface area contributed by atoms with Crippen molar-refractivity contribution < 1.29 is 9.59 Å². The molecule has 0 atom stereocenters. The molecular weight excluding hydrogens is 280 g/mol. The second kappa shape index (κ2) is 7.84. The molecule has 1 aromatic rings. The largest absolute Gasteiger partial charge is 0.399 e. The molecule has 0 radical (unpaired) electrons. The zero-order chi connectivity index (χ0) is 16.7. The lowest BCUT2D eigenvalue weighted by molar-refractivity contribution is -0.117. The molecular formula is C16H20N4O2. The summed E-state index contributed by atoms with van der Waals surface area (Å²) in [5.74, 6) is -0.544. The number of benzene rings is 1. The third-order valence-electron chi connectivity index (χ3n) is 2.80. The third kappa shape index (κ3) is 4.94. The summed E-state index contributed by atoms with van der Waals surface area (Å²) in [6.45, 7) is 5.71. The van der Waals surface area contributed by atoms with E-state index in [2.05, 4.69) is 5.32 Å². The van der Waals surface area contributed by atoms with Crippen molar-refractivity contribution in [3.05, 3.63) is 36.0 Å². The van der Waals surface area contributed by atoms with Crippen LogP contribution in [0.5, 0.6) is 0 Å². The second-order valence-corrected chi connectivity index (χ2v) is 5.24. The zero-order valence-electron chi connectivity index (χ0n) is 13.0. The van der Waals surface area contributed by atoms with E-state index in [9.17, 15) is 9.59 Å². The predicted molar refractivity (Wildman–Crippen MR) is 85.6 cm³/mol. The summed E-state index contributed by atoms with van der Waals surface area (Å²) in [6, 6.07) is 8.40. The van der Waals surface area contributed by atoms with Crippen molar-refractivity contribution >= 4 is 23.2 Å². The number of carbonyl (C=O) groups excluding carboxylic acids is 2. The Kier molecular flexibility index (Phi) is 6.14. The van der Waals surface area contributed by atoms with Crippen LogP contribution in [-0.2, 0) is 9.59 Å². The molecule has 6 heteroatoms. The number of hydrogen-bond donors (Lipinski definition) is 2. The summed E-state index contributed by atoms with van der Waals surface area (Å²) < 4.78 is 0. The molecule has 0 spiro atoms. The van der Waals surface area contributed by atoms with E-state index in [1.165, 1.54) is 18.0 Å². The molecule has 116 valence electrons. The van der Waals surface area contributed by atoms with Gasteiger partial charge in [-0.25, -0.2) is 0 Å². The van der Waals surface area contributed by atoms with E-state index >= 15 is 0 Å². The van der Waals surface area contributed by atoms with Crippen LogP contribution in [0.2, 0.25) is 0 Å². The van der Waals surface area contributed by atoms with Gasteiger partial charge in [0.1, 0.15) is 11.6 Å². The van der Waals surface area contributed by atoms with Gasteiger partial charge in [-0.1, -0.05) is 13.8 Å². The highest BCUT2D eigenvalue weighted by atomic mass is 16.2. The third-order valence-corrected chi connectivity index (χ3v) is 2.80. The minimum absolute atomic E-state index is 0.132. The van der Waals surface area contributed by atoms with Gasteiger partial charge in [0.15, 0.2) is 0 Å². The molecule has 0 aliphatic carbocycles. The highest BCUT2D eigenvalue weighted by molar-refractivity contribution is 6.01. The quantitative estimate of drug-likeness (QED) is 0.492. The summed E-state index contributed by atoms with van der Waals surface area (Å²) >= 11 is 0. The molecule has 0 heterocycles. The Labute approximate surface area is 130 Å². The normalized spacial score (nSPS) is 11.0. The van der Waals surface area contributed by atoms with Crippen LogP contribution in [-0.4, -0.2) is 18.4 Å². The van der Waals surface area contributed by atoms with Crippen LogP contribution in [0.1, 0.15) is 20.8 Å². The lowest BCUT2D eigenvalue weighted by atomic mass is 10.2. The van der Waals surface area contributed by atoms with Crippen molar-refractivity contribution in [1.29, 1.82) is 5.26 Å². The Morgan fingerprint density at radius 3 is 2.41 bits per heavy atom. The fourth-order valence-electron chi connectivity index (χ4n) is 1.64. The first-order valence-corrected chi connectivity index (χ1v) is 6.90. The van der Waals surface area contributed by atoms with Crippen molar-refractivity contribution in [2.24, 2.45) is 5.92 Å². The Hall–Kier alpha value is -2.81. The first kappa shape index (κ1) is 17.2. The van der Waals surface area contributed by atoms with E-state index in [-0.39, 0.29) is 17.4 Å². The number of nitrogens with one attached hydrogen (secondary N) is 1. The molecule has 6 nitrogen and oxygen atoms in total. The lowest BCUT2D eigenvalue weighted by Gasteiger charge is -2.17. The van der Waals surface area contributed by atoms with Gasteiger partial charge in [0.05, 0.1) is 0 Å². The van der Waals surface area contributed by atoms with E-state index < -0.39 is 5.91 Å². The molecule has 1 aromatic carbocycles. The minimum atomic E-state index is -0.502. The molecule has 0 fully saturated rings. The summed E-state index contributed by atoms with van der Waals surface area (Å²) in [7, 11) is 0. The van der Waals surface area contributed by atoms with Gasteiger partial charge in [0.2, 0.25) is 5.91 Å². The monoisotopic (exact) mass is 300 g/mol.